The van der Waals surface area contributed by atoms with E-state index in [1.165, 1.54) is 0 Å². The van der Waals surface area contributed by atoms with E-state index in [1.807, 2.05) is 0 Å². The molecule has 130 valence electrons. The fourth-order valence-electron chi connectivity index (χ4n) is 2.74. The molecule has 0 saturated carbocycles. The zero-order chi connectivity index (χ0) is 17.4. The zero-order valence-corrected chi connectivity index (χ0v) is 13.5. The van der Waals surface area contributed by atoms with Crippen LogP contribution in [0.5, 0.6) is 11.5 Å². The molecule has 0 bridgehead atoms. The van der Waals surface area contributed by atoms with Gasteiger partial charge in [-0.25, -0.2) is 0 Å². The molecule has 1 fully saturated rings. The number of hydrogen-bond acceptors (Lipinski definition) is 7. The first-order valence-corrected chi connectivity index (χ1v) is 7.86. The molecule has 2 aromatic rings. The van der Waals surface area contributed by atoms with Gasteiger partial charge in [0.2, 0.25) is 24.5 Å². The Morgan fingerprint density at radius 2 is 2.04 bits per heavy atom. The summed E-state index contributed by atoms with van der Waals surface area (Å²) in [5.74, 6) is 1.51. The van der Waals surface area contributed by atoms with Gasteiger partial charge >= 0.3 is 0 Å². The second kappa shape index (κ2) is 6.08. The quantitative estimate of drug-likeness (QED) is 0.860. The SMILES string of the molecule is Cc1nnc(CNC(=O)C2CN(C(=O)c3ccc4c(c3)OCO4)C2)o1. The van der Waals surface area contributed by atoms with Crippen LogP contribution in [-0.2, 0) is 11.3 Å². The average molecular weight is 344 g/mol. The third-order valence-electron chi connectivity index (χ3n) is 4.14. The first-order chi connectivity index (χ1) is 12.1. The molecule has 1 N–H and O–H groups in total. The van der Waals surface area contributed by atoms with Crippen LogP contribution in [0.1, 0.15) is 22.1 Å². The number of carbonyl (C=O) groups is 2. The molecule has 0 unspecified atom stereocenters. The maximum atomic E-state index is 12.4. The largest absolute Gasteiger partial charge is 0.454 e. The number of hydrogen-bond donors (Lipinski definition) is 1. The number of likely N-dealkylation sites (tertiary alicyclic amines) is 1. The number of nitrogens with one attached hydrogen (secondary N) is 1. The van der Waals surface area contributed by atoms with Crippen molar-refractivity contribution in [3.8, 4) is 11.5 Å². The Bertz CT molecular complexity index is 828. The van der Waals surface area contributed by atoms with E-state index in [-0.39, 0.29) is 31.1 Å². The Kier molecular flexibility index (Phi) is 3.75. The van der Waals surface area contributed by atoms with E-state index in [0.29, 0.717) is 41.9 Å². The van der Waals surface area contributed by atoms with Gasteiger partial charge in [-0.1, -0.05) is 0 Å². The number of aromatic nitrogens is 2. The number of amides is 2. The standard InChI is InChI=1S/C16H16N4O5/c1-9-18-19-14(25-9)5-17-15(21)11-6-20(7-11)16(22)10-2-3-12-13(4-10)24-8-23-12/h2-4,11H,5-8H2,1H3,(H,17,21). The molecule has 9 nitrogen and oxygen atoms in total. The van der Waals surface area contributed by atoms with Crippen LogP contribution in [-0.4, -0.2) is 46.8 Å². The average Bonchev–Trinajstić information content (AvgIpc) is 3.19. The normalized spacial score (nSPS) is 15.8. The smallest absolute Gasteiger partial charge is 0.254 e. The van der Waals surface area contributed by atoms with Crippen molar-refractivity contribution in [3.63, 3.8) is 0 Å². The summed E-state index contributed by atoms with van der Waals surface area (Å²) in [6, 6.07) is 5.07. The molecular formula is C16H16N4O5. The van der Waals surface area contributed by atoms with Gasteiger partial charge in [-0.3, -0.25) is 9.59 Å². The number of ether oxygens (including phenoxy) is 2. The van der Waals surface area contributed by atoms with E-state index < -0.39 is 0 Å². The second-order valence-corrected chi connectivity index (χ2v) is 5.91. The van der Waals surface area contributed by atoms with Crippen LogP contribution in [0.4, 0.5) is 0 Å². The topological polar surface area (TPSA) is 107 Å². The summed E-state index contributed by atoms with van der Waals surface area (Å²) >= 11 is 0. The Labute approximate surface area is 142 Å². The highest BCUT2D eigenvalue weighted by Gasteiger charge is 2.36. The Morgan fingerprint density at radius 1 is 1.24 bits per heavy atom. The van der Waals surface area contributed by atoms with Gasteiger partial charge in [-0.05, 0) is 18.2 Å². The van der Waals surface area contributed by atoms with Crippen molar-refractivity contribution in [2.24, 2.45) is 5.92 Å². The van der Waals surface area contributed by atoms with Crippen molar-refractivity contribution < 1.29 is 23.5 Å². The number of carbonyl (C=O) groups excluding carboxylic acids is 2. The van der Waals surface area contributed by atoms with Gasteiger partial charge in [-0.2, -0.15) is 0 Å². The predicted octanol–water partition coefficient (Wildman–Crippen LogP) is 0.495. The van der Waals surface area contributed by atoms with Crippen molar-refractivity contribution in [3.05, 3.63) is 35.5 Å². The molecule has 0 spiro atoms. The van der Waals surface area contributed by atoms with Gasteiger partial charge in [0, 0.05) is 25.6 Å². The molecule has 2 aliphatic heterocycles. The van der Waals surface area contributed by atoms with E-state index >= 15 is 0 Å². The molecular weight excluding hydrogens is 328 g/mol. The Hall–Kier alpha value is -3.10. The summed E-state index contributed by atoms with van der Waals surface area (Å²) in [5.41, 5.74) is 0.518. The fourth-order valence-corrected chi connectivity index (χ4v) is 2.74. The molecule has 2 aliphatic rings. The summed E-state index contributed by atoms with van der Waals surface area (Å²) < 4.78 is 15.7. The first-order valence-electron chi connectivity index (χ1n) is 7.86. The van der Waals surface area contributed by atoms with Crippen molar-refractivity contribution >= 4 is 11.8 Å². The van der Waals surface area contributed by atoms with Gasteiger partial charge in [-0.15, -0.1) is 10.2 Å². The van der Waals surface area contributed by atoms with Crippen LogP contribution in [0.15, 0.2) is 22.6 Å². The third-order valence-corrected chi connectivity index (χ3v) is 4.14. The summed E-state index contributed by atoms with van der Waals surface area (Å²) in [7, 11) is 0. The molecule has 0 radical (unpaired) electrons. The lowest BCUT2D eigenvalue weighted by atomic mass is 9.97. The lowest BCUT2D eigenvalue weighted by Gasteiger charge is -2.38. The summed E-state index contributed by atoms with van der Waals surface area (Å²) in [5, 5.41) is 10.2. The molecule has 4 rings (SSSR count). The minimum absolute atomic E-state index is 0.130. The van der Waals surface area contributed by atoms with E-state index in [4.69, 9.17) is 13.9 Å². The molecule has 9 heteroatoms. The minimum Gasteiger partial charge on any atom is -0.454 e. The van der Waals surface area contributed by atoms with Gasteiger partial charge < -0.3 is 24.1 Å². The van der Waals surface area contributed by atoms with Crippen LogP contribution in [0.25, 0.3) is 0 Å². The Balaban J connectivity index is 1.29. The molecule has 1 saturated heterocycles. The van der Waals surface area contributed by atoms with Gasteiger partial charge in [0.05, 0.1) is 12.5 Å². The lowest BCUT2D eigenvalue weighted by Crippen LogP contribution is -2.55. The van der Waals surface area contributed by atoms with Crippen molar-refractivity contribution in [2.75, 3.05) is 19.9 Å². The number of fused-ring (bicyclic) bond motifs is 1. The fraction of sp³-hybridized carbons (Fsp3) is 0.375. The third kappa shape index (κ3) is 3.00. The lowest BCUT2D eigenvalue weighted by molar-refractivity contribution is -0.129. The van der Waals surface area contributed by atoms with Crippen LogP contribution < -0.4 is 14.8 Å². The van der Waals surface area contributed by atoms with Crippen LogP contribution in [0, 0.1) is 12.8 Å². The van der Waals surface area contributed by atoms with Crippen LogP contribution >= 0.6 is 0 Å². The molecule has 0 aliphatic carbocycles. The highest BCUT2D eigenvalue weighted by atomic mass is 16.7. The second-order valence-electron chi connectivity index (χ2n) is 5.91. The minimum atomic E-state index is -0.234. The number of rotatable bonds is 4. The molecule has 2 amide bonds. The van der Waals surface area contributed by atoms with Crippen LogP contribution in [0.3, 0.4) is 0 Å². The number of benzene rings is 1. The van der Waals surface area contributed by atoms with Gasteiger partial charge in [0.1, 0.15) is 0 Å². The van der Waals surface area contributed by atoms with Gasteiger partial charge in [0.15, 0.2) is 11.5 Å². The van der Waals surface area contributed by atoms with Gasteiger partial charge in [0.25, 0.3) is 5.91 Å². The van der Waals surface area contributed by atoms with Crippen molar-refractivity contribution in [1.82, 2.24) is 20.4 Å². The maximum Gasteiger partial charge on any atom is 0.254 e. The predicted molar refractivity (Wildman–Crippen MR) is 82.8 cm³/mol. The summed E-state index contributed by atoms with van der Waals surface area (Å²) in [6.45, 7) is 2.79. The first kappa shape index (κ1) is 15.4. The number of aryl methyl sites for hydroxylation is 1. The molecule has 1 aromatic heterocycles. The summed E-state index contributed by atoms with van der Waals surface area (Å²) in [4.78, 5) is 26.2. The zero-order valence-electron chi connectivity index (χ0n) is 13.5. The highest BCUT2D eigenvalue weighted by molar-refractivity contribution is 5.96. The monoisotopic (exact) mass is 344 g/mol. The van der Waals surface area contributed by atoms with E-state index in [0.717, 1.165) is 0 Å². The summed E-state index contributed by atoms with van der Waals surface area (Å²) in [6.07, 6.45) is 0. The van der Waals surface area contributed by atoms with E-state index in [9.17, 15) is 9.59 Å². The van der Waals surface area contributed by atoms with E-state index in [2.05, 4.69) is 15.5 Å². The molecule has 25 heavy (non-hydrogen) atoms. The van der Waals surface area contributed by atoms with E-state index in [1.54, 1.807) is 30.0 Å². The molecule has 1 aromatic carbocycles. The van der Waals surface area contributed by atoms with Crippen LogP contribution in [0.2, 0.25) is 0 Å². The maximum absolute atomic E-state index is 12.4. The number of nitrogens with zero attached hydrogens (tertiary/aromatic N) is 3. The van der Waals surface area contributed by atoms with Crippen molar-refractivity contribution in [1.29, 1.82) is 0 Å². The highest BCUT2D eigenvalue weighted by Crippen LogP contribution is 2.33. The molecule has 0 atom stereocenters. The van der Waals surface area contributed by atoms with Crippen molar-refractivity contribution in [2.45, 2.75) is 13.5 Å². The Morgan fingerprint density at radius 3 is 2.80 bits per heavy atom. The molecule has 3 heterocycles.